The summed E-state index contributed by atoms with van der Waals surface area (Å²) < 4.78 is 56.3. The van der Waals surface area contributed by atoms with Crippen molar-refractivity contribution in [3.63, 3.8) is 0 Å². The number of carbonyl (C=O) groups excluding carboxylic acids is 1. The number of pyridine rings is 2. The van der Waals surface area contributed by atoms with Crippen LogP contribution < -0.4 is 10.2 Å². The molecule has 0 radical (unpaired) electrons. The Morgan fingerprint density at radius 3 is 2.48 bits per heavy atom. The number of halogens is 5. The van der Waals surface area contributed by atoms with Crippen molar-refractivity contribution in [2.45, 2.75) is 82.2 Å². The lowest BCUT2D eigenvalue weighted by atomic mass is 9.79. The first kappa shape index (κ1) is 42.0. The molecule has 330 valence electrons. The number of hydrogen-bond donors (Lipinski definition) is 1. The highest BCUT2D eigenvalue weighted by molar-refractivity contribution is 6.43. The van der Waals surface area contributed by atoms with Gasteiger partial charge in [-0.2, -0.15) is 10.5 Å². The van der Waals surface area contributed by atoms with Crippen LogP contribution in [0.5, 0.6) is 0 Å². The van der Waals surface area contributed by atoms with Crippen molar-refractivity contribution in [1.29, 1.82) is 10.5 Å². The monoisotopic (exact) mass is 914 g/mol. The molecule has 6 aromatic rings. The van der Waals surface area contributed by atoms with Gasteiger partial charge in [0.25, 0.3) is 0 Å². The molecule has 7 heterocycles. The predicted octanol–water partition coefficient (Wildman–Crippen LogP) is 10.4. The van der Waals surface area contributed by atoms with E-state index < -0.39 is 29.6 Å². The van der Waals surface area contributed by atoms with E-state index in [1.807, 2.05) is 11.0 Å². The van der Waals surface area contributed by atoms with Gasteiger partial charge in [-0.1, -0.05) is 41.4 Å². The molecular weight excluding hydrogens is 873 g/mol. The lowest BCUT2D eigenvalue weighted by molar-refractivity contribution is -0.134. The van der Waals surface area contributed by atoms with E-state index in [2.05, 4.69) is 33.0 Å². The molecule has 3 aromatic heterocycles. The second kappa shape index (κ2) is 16.6. The van der Waals surface area contributed by atoms with Gasteiger partial charge >= 0.3 is 0 Å². The van der Waals surface area contributed by atoms with Crippen molar-refractivity contribution in [2.75, 3.05) is 31.1 Å². The number of likely N-dealkylation sites (tertiary alicyclic amines) is 1. The van der Waals surface area contributed by atoms with Gasteiger partial charge in [0, 0.05) is 95.9 Å². The number of aromatic nitrogens is 3. The van der Waals surface area contributed by atoms with Crippen LogP contribution in [0.4, 0.5) is 19.0 Å². The summed E-state index contributed by atoms with van der Waals surface area (Å²) in [5.74, 6) is -1.32. The highest BCUT2D eigenvalue weighted by Gasteiger charge is 2.51. The van der Waals surface area contributed by atoms with Crippen LogP contribution in [0.3, 0.4) is 0 Å². The number of ether oxygens (including phenoxy) is 1. The van der Waals surface area contributed by atoms with Crippen LogP contribution >= 0.6 is 23.2 Å². The van der Waals surface area contributed by atoms with Gasteiger partial charge in [-0.3, -0.25) is 4.79 Å². The topological polar surface area (TPSA) is 123 Å². The first-order chi connectivity index (χ1) is 31.6. The van der Waals surface area contributed by atoms with E-state index in [1.54, 1.807) is 30.5 Å². The second-order valence-corrected chi connectivity index (χ2v) is 18.9. The van der Waals surface area contributed by atoms with Crippen molar-refractivity contribution in [3.05, 3.63) is 111 Å². The van der Waals surface area contributed by atoms with Gasteiger partial charge in [0.15, 0.2) is 5.82 Å². The standard InChI is InChI=1S/C50H43Cl2F3N8O2/c51-36-8-3-7-32(43(36)52)42-27(6-5-13-56)17-33-46(44(42)55)60-45(29-16-28(21-57)49(59-22-29)61-14-1-2-15-61)34-20-41(63(48(33)34)47-30-18-39(47)58-23-30)40-19-31(24-62(40)50(64)26-11-12-26)65-25-35-37(53)9-4-10-38(35)54/h3-4,7-10,16-17,20,22,26,30-31,39-40,47,58H,1-2,5-6,11-12,14-15,18-19,23-25H2. The first-order valence-electron chi connectivity index (χ1n) is 22.4. The maximum atomic E-state index is 18.0. The zero-order valence-corrected chi connectivity index (χ0v) is 36.8. The summed E-state index contributed by atoms with van der Waals surface area (Å²) in [5.41, 5.74) is 3.87. The molecule has 3 aromatic carbocycles. The van der Waals surface area contributed by atoms with Crippen LogP contribution in [0.25, 0.3) is 44.2 Å². The fourth-order valence-electron chi connectivity index (χ4n) is 10.9. The van der Waals surface area contributed by atoms with Crippen LogP contribution in [-0.4, -0.2) is 63.7 Å². The number of rotatable bonds is 11. The Labute approximate surface area is 383 Å². The van der Waals surface area contributed by atoms with E-state index >= 15 is 4.39 Å². The van der Waals surface area contributed by atoms with Gasteiger partial charge in [0.2, 0.25) is 5.91 Å². The van der Waals surface area contributed by atoms with E-state index in [0.29, 0.717) is 56.5 Å². The Morgan fingerprint density at radius 1 is 0.985 bits per heavy atom. The molecule has 12 rings (SSSR count). The van der Waals surface area contributed by atoms with Gasteiger partial charge < -0.3 is 24.4 Å². The number of nitriles is 2. The summed E-state index contributed by atoms with van der Waals surface area (Å²) in [6.45, 7) is 2.28. The Bertz CT molecular complexity index is 2990. The van der Waals surface area contributed by atoms with E-state index in [1.165, 1.54) is 18.2 Å². The van der Waals surface area contributed by atoms with E-state index in [4.69, 9.17) is 37.9 Å². The van der Waals surface area contributed by atoms with Crippen molar-refractivity contribution in [1.82, 2.24) is 24.8 Å². The molecule has 4 aliphatic heterocycles. The third-order valence-electron chi connectivity index (χ3n) is 14.2. The minimum absolute atomic E-state index is 0.00105. The number of aryl methyl sites for hydroxylation is 1. The lowest BCUT2D eigenvalue weighted by Crippen LogP contribution is -2.41. The maximum Gasteiger partial charge on any atom is 0.226 e. The van der Waals surface area contributed by atoms with Crippen molar-refractivity contribution in [2.24, 2.45) is 11.8 Å². The largest absolute Gasteiger partial charge is 0.371 e. The number of carbonyl (C=O) groups is 1. The number of nitrogens with zero attached hydrogens (tertiary/aromatic N) is 7. The average Bonchev–Trinajstić information content (AvgIpc) is 3.83. The number of nitrogens with one attached hydrogen (secondary N) is 1. The van der Waals surface area contributed by atoms with Gasteiger partial charge in [0.05, 0.1) is 57.7 Å². The smallest absolute Gasteiger partial charge is 0.226 e. The van der Waals surface area contributed by atoms with Crippen LogP contribution in [-0.2, 0) is 22.6 Å². The van der Waals surface area contributed by atoms with Gasteiger partial charge in [-0.05, 0) is 86.4 Å². The molecule has 6 aliphatic rings. The van der Waals surface area contributed by atoms with Crippen LogP contribution in [0.2, 0.25) is 10.0 Å². The molecule has 0 spiro atoms. The molecule has 2 bridgehead atoms. The van der Waals surface area contributed by atoms with Crippen LogP contribution in [0.1, 0.15) is 79.4 Å². The summed E-state index contributed by atoms with van der Waals surface area (Å²) in [6.07, 6.45) is 6.33. The third-order valence-corrected chi connectivity index (χ3v) is 15.1. The number of amides is 1. The summed E-state index contributed by atoms with van der Waals surface area (Å²) in [4.78, 5) is 28.3. The normalized spacial score (nSPS) is 22.5. The first-order valence-corrected chi connectivity index (χ1v) is 23.1. The van der Waals surface area contributed by atoms with Crippen molar-refractivity contribution in [3.8, 4) is 34.5 Å². The zero-order chi connectivity index (χ0) is 44.7. The Balaban J connectivity index is 1.16. The minimum atomic E-state index is -0.699. The minimum Gasteiger partial charge on any atom is -0.371 e. The average molecular weight is 916 g/mol. The molecule has 1 N–H and O–H groups in total. The van der Waals surface area contributed by atoms with E-state index in [9.17, 15) is 24.1 Å². The zero-order valence-electron chi connectivity index (χ0n) is 35.3. The van der Waals surface area contributed by atoms with Crippen LogP contribution in [0, 0.1) is 51.9 Å². The van der Waals surface area contributed by atoms with Gasteiger partial charge in [-0.25, -0.2) is 23.1 Å². The molecule has 5 atom stereocenters. The maximum absolute atomic E-state index is 18.0. The van der Waals surface area contributed by atoms with Gasteiger partial charge in [-0.15, -0.1) is 0 Å². The molecule has 4 saturated heterocycles. The van der Waals surface area contributed by atoms with Crippen LogP contribution in [0.15, 0.2) is 60.8 Å². The predicted molar refractivity (Wildman–Crippen MR) is 242 cm³/mol. The molecule has 1 amide bonds. The Kier molecular flexibility index (Phi) is 10.7. The number of hydrogen-bond acceptors (Lipinski definition) is 8. The summed E-state index contributed by atoms with van der Waals surface area (Å²) in [7, 11) is 0. The fourth-order valence-corrected chi connectivity index (χ4v) is 11.3. The second-order valence-electron chi connectivity index (χ2n) is 18.1. The molecule has 6 fully saturated rings. The molecule has 65 heavy (non-hydrogen) atoms. The number of benzene rings is 3. The number of fused-ring (bicyclic) bond motifs is 4. The SMILES string of the molecule is N#CCCc1cc2c(nc(-c3cnc(N4CCCC4)c(C#N)c3)c3cc(C4CC(OCc5c(F)cccc5F)CN4C(=O)C4CC4)n(C4C5CNC4C5)c32)c(F)c1-c1cccc(Cl)c1Cl. The third kappa shape index (κ3) is 7.10. The molecule has 2 aliphatic carbocycles. The van der Waals surface area contributed by atoms with Crippen molar-refractivity contribution < 1.29 is 22.7 Å². The van der Waals surface area contributed by atoms with Crippen molar-refractivity contribution >= 4 is 56.7 Å². The summed E-state index contributed by atoms with van der Waals surface area (Å²) >= 11 is 13.4. The molecular formula is C50H43Cl2F3N8O2. The fraction of sp³-hybridized carbons (Fsp3) is 0.380. The Hall–Kier alpha value is -5.70. The molecule has 5 unspecified atom stereocenters. The van der Waals surface area contributed by atoms with E-state index in [-0.39, 0.29) is 82.5 Å². The molecule has 10 nitrogen and oxygen atoms in total. The van der Waals surface area contributed by atoms with Gasteiger partial charge in [0.1, 0.15) is 29.0 Å². The summed E-state index contributed by atoms with van der Waals surface area (Å²) in [5, 5.41) is 25.6. The highest BCUT2D eigenvalue weighted by atomic mass is 35.5. The number of anilines is 1. The molecule has 15 heteroatoms. The quantitative estimate of drug-likeness (QED) is 0.136. The summed E-state index contributed by atoms with van der Waals surface area (Å²) in [6, 6.07) is 18.6. The van der Waals surface area contributed by atoms with E-state index in [0.717, 1.165) is 57.4 Å². The Morgan fingerprint density at radius 2 is 1.77 bits per heavy atom. The lowest BCUT2D eigenvalue weighted by Gasteiger charge is -2.39. The molecule has 2 saturated carbocycles. The highest BCUT2D eigenvalue weighted by Crippen LogP contribution is 2.52.